The zero-order valence-electron chi connectivity index (χ0n) is 13.6. The Bertz CT molecular complexity index is 850. The number of hydrogen-bond donors (Lipinski definition) is 0. The lowest BCUT2D eigenvalue weighted by Crippen LogP contribution is -2.13. The van der Waals surface area contributed by atoms with Crippen molar-refractivity contribution in [3.63, 3.8) is 0 Å². The fourth-order valence-electron chi connectivity index (χ4n) is 3.01. The number of nitro groups is 1. The van der Waals surface area contributed by atoms with Crippen LogP contribution < -0.4 is 9.47 Å². The van der Waals surface area contributed by atoms with E-state index in [0.29, 0.717) is 10.2 Å². The number of carbonyl (C=O) groups is 1. The lowest BCUT2D eigenvalue weighted by molar-refractivity contribution is -0.385. The van der Waals surface area contributed by atoms with Crippen molar-refractivity contribution in [1.82, 2.24) is 0 Å². The standard InChI is InChI=1S/C18H16BrNO5/c1-24-15-9-5-4-8-13(15)18(21)25-17-14(20(22)23)10-11-6-2-3-7-12(11)16(17)19/h4-5,8-10H,2-3,6-7H2,1H3. The molecule has 0 unspecified atom stereocenters. The Balaban J connectivity index is 2.04. The van der Waals surface area contributed by atoms with E-state index in [1.54, 1.807) is 24.3 Å². The number of benzene rings is 2. The first-order valence-corrected chi connectivity index (χ1v) is 8.66. The Morgan fingerprint density at radius 3 is 2.68 bits per heavy atom. The molecule has 0 N–H and O–H groups in total. The van der Waals surface area contributed by atoms with Gasteiger partial charge in [-0.1, -0.05) is 12.1 Å². The minimum Gasteiger partial charge on any atom is -0.496 e. The Morgan fingerprint density at radius 2 is 1.96 bits per heavy atom. The third kappa shape index (κ3) is 3.37. The number of methoxy groups -OCH3 is 1. The zero-order valence-corrected chi connectivity index (χ0v) is 15.2. The number of halogens is 1. The average molecular weight is 406 g/mol. The molecule has 0 saturated heterocycles. The molecule has 25 heavy (non-hydrogen) atoms. The van der Waals surface area contributed by atoms with Crippen molar-refractivity contribution in [3.05, 3.63) is 61.6 Å². The molecule has 0 radical (unpaired) electrons. The van der Waals surface area contributed by atoms with Crippen LogP contribution in [-0.4, -0.2) is 18.0 Å². The molecule has 0 spiro atoms. The summed E-state index contributed by atoms with van der Waals surface area (Å²) in [5.41, 5.74) is 1.90. The van der Waals surface area contributed by atoms with Crippen molar-refractivity contribution in [3.8, 4) is 11.5 Å². The Hall–Kier alpha value is -2.41. The summed E-state index contributed by atoms with van der Waals surface area (Å²) in [5, 5.41) is 11.5. The number of hydrogen-bond acceptors (Lipinski definition) is 5. The minimum atomic E-state index is -0.697. The molecule has 0 atom stereocenters. The van der Waals surface area contributed by atoms with Gasteiger partial charge in [0.25, 0.3) is 0 Å². The molecule has 2 aromatic rings. The van der Waals surface area contributed by atoms with Crippen molar-refractivity contribution in [2.45, 2.75) is 25.7 Å². The number of esters is 1. The second-order valence-electron chi connectivity index (χ2n) is 5.73. The number of rotatable bonds is 4. The maximum atomic E-state index is 12.5. The summed E-state index contributed by atoms with van der Waals surface area (Å²) in [7, 11) is 1.45. The molecule has 3 rings (SSSR count). The lowest BCUT2D eigenvalue weighted by Gasteiger charge is -2.19. The number of carbonyl (C=O) groups excluding carboxylic acids is 1. The zero-order chi connectivity index (χ0) is 18.0. The van der Waals surface area contributed by atoms with E-state index in [1.807, 2.05) is 0 Å². The van der Waals surface area contributed by atoms with Crippen LogP contribution in [0.25, 0.3) is 0 Å². The highest BCUT2D eigenvalue weighted by Crippen LogP contribution is 2.42. The molecule has 0 aromatic heterocycles. The highest BCUT2D eigenvalue weighted by atomic mass is 79.9. The topological polar surface area (TPSA) is 78.7 Å². The molecule has 0 fully saturated rings. The van der Waals surface area contributed by atoms with E-state index < -0.39 is 10.9 Å². The van der Waals surface area contributed by atoms with Crippen LogP contribution in [0.5, 0.6) is 11.5 Å². The van der Waals surface area contributed by atoms with Gasteiger partial charge in [-0.25, -0.2) is 4.79 Å². The van der Waals surface area contributed by atoms with Crippen molar-refractivity contribution >= 4 is 27.6 Å². The van der Waals surface area contributed by atoms with Gasteiger partial charge in [-0.05, 0) is 64.9 Å². The summed E-state index contributed by atoms with van der Waals surface area (Å²) < 4.78 is 11.1. The second-order valence-corrected chi connectivity index (χ2v) is 6.52. The number of fused-ring (bicyclic) bond motifs is 1. The SMILES string of the molecule is COc1ccccc1C(=O)Oc1c([N+](=O)[O-])cc2c(c1Br)CCCC2. The molecule has 0 amide bonds. The molecule has 0 heterocycles. The Morgan fingerprint density at radius 1 is 1.24 bits per heavy atom. The number of nitro benzene ring substituents is 1. The van der Waals surface area contributed by atoms with Gasteiger partial charge in [0, 0.05) is 6.07 Å². The number of aryl methyl sites for hydroxylation is 1. The third-order valence-electron chi connectivity index (χ3n) is 4.24. The predicted molar refractivity (Wildman–Crippen MR) is 95.4 cm³/mol. The normalized spacial score (nSPS) is 13.0. The number of nitrogens with zero attached hydrogens (tertiary/aromatic N) is 1. The molecule has 1 aliphatic rings. The van der Waals surface area contributed by atoms with Gasteiger partial charge >= 0.3 is 11.7 Å². The Labute approximate surface area is 153 Å². The van der Waals surface area contributed by atoms with Crippen LogP contribution in [0.1, 0.15) is 34.3 Å². The van der Waals surface area contributed by atoms with Gasteiger partial charge in [-0.15, -0.1) is 0 Å². The summed E-state index contributed by atoms with van der Waals surface area (Å²) in [6.45, 7) is 0. The van der Waals surface area contributed by atoms with Gasteiger partial charge < -0.3 is 9.47 Å². The van der Waals surface area contributed by atoms with Crippen molar-refractivity contribution in [2.75, 3.05) is 7.11 Å². The largest absolute Gasteiger partial charge is 0.496 e. The van der Waals surface area contributed by atoms with Crippen LogP contribution in [0, 0.1) is 10.1 Å². The molecule has 2 aromatic carbocycles. The summed E-state index contributed by atoms with van der Waals surface area (Å²) in [6, 6.07) is 8.11. The number of ether oxygens (including phenoxy) is 2. The molecule has 0 saturated carbocycles. The highest BCUT2D eigenvalue weighted by Gasteiger charge is 2.28. The van der Waals surface area contributed by atoms with Crippen molar-refractivity contribution in [2.24, 2.45) is 0 Å². The van der Waals surface area contributed by atoms with E-state index >= 15 is 0 Å². The van der Waals surface area contributed by atoms with Crippen molar-refractivity contribution < 1.29 is 19.2 Å². The summed E-state index contributed by atoms with van der Waals surface area (Å²) in [5.74, 6) is -0.400. The van der Waals surface area contributed by atoms with Gasteiger partial charge in [-0.3, -0.25) is 10.1 Å². The van der Waals surface area contributed by atoms with Gasteiger partial charge in [-0.2, -0.15) is 0 Å². The van der Waals surface area contributed by atoms with Crippen LogP contribution in [0.4, 0.5) is 5.69 Å². The van der Waals surface area contributed by atoms with Gasteiger partial charge in [0.05, 0.1) is 16.5 Å². The molecule has 0 bridgehead atoms. The van der Waals surface area contributed by atoms with E-state index in [9.17, 15) is 14.9 Å². The molecule has 0 aliphatic heterocycles. The predicted octanol–water partition coefficient (Wildman–Crippen LogP) is 4.46. The number of para-hydroxylation sites is 1. The van der Waals surface area contributed by atoms with E-state index in [1.165, 1.54) is 13.2 Å². The average Bonchev–Trinajstić information content (AvgIpc) is 2.63. The fraction of sp³-hybridized carbons (Fsp3) is 0.278. The first kappa shape index (κ1) is 17.4. The first-order valence-electron chi connectivity index (χ1n) is 7.86. The fourth-order valence-corrected chi connectivity index (χ4v) is 3.75. The monoisotopic (exact) mass is 405 g/mol. The van der Waals surface area contributed by atoms with E-state index in [4.69, 9.17) is 9.47 Å². The van der Waals surface area contributed by atoms with Gasteiger partial charge in [0.2, 0.25) is 5.75 Å². The molecular weight excluding hydrogens is 390 g/mol. The molecule has 7 heteroatoms. The highest BCUT2D eigenvalue weighted by molar-refractivity contribution is 9.10. The van der Waals surface area contributed by atoms with Gasteiger partial charge in [0.15, 0.2) is 0 Å². The molecule has 6 nitrogen and oxygen atoms in total. The van der Waals surface area contributed by atoms with Crippen LogP contribution in [0.2, 0.25) is 0 Å². The van der Waals surface area contributed by atoms with Crippen LogP contribution in [0.15, 0.2) is 34.8 Å². The summed E-state index contributed by atoms with van der Waals surface area (Å²) >= 11 is 3.41. The minimum absolute atomic E-state index is 0.0541. The maximum absolute atomic E-state index is 12.5. The van der Waals surface area contributed by atoms with Crippen molar-refractivity contribution in [1.29, 1.82) is 0 Å². The molecule has 1 aliphatic carbocycles. The van der Waals surface area contributed by atoms with E-state index in [0.717, 1.165) is 36.8 Å². The van der Waals surface area contributed by atoms with E-state index in [2.05, 4.69) is 15.9 Å². The quantitative estimate of drug-likeness (QED) is 0.324. The second kappa shape index (κ2) is 7.23. The van der Waals surface area contributed by atoms with Crippen LogP contribution in [0.3, 0.4) is 0 Å². The first-order chi connectivity index (χ1) is 12.0. The summed E-state index contributed by atoms with van der Waals surface area (Å²) in [6.07, 6.45) is 3.59. The third-order valence-corrected chi connectivity index (χ3v) is 5.08. The Kier molecular flexibility index (Phi) is 5.03. The molecule has 130 valence electrons. The van der Waals surface area contributed by atoms with E-state index in [-0.39, 0.29) is 17.0 Å². The summed E-state index contributed by atoms with van der Waals surface area (Å²) in [4.78, 5) is 23.5. The lowest BCUT2D eigenvalue weighted by atomic mass is 9.91. The van der Waals surface area contributed by atoms with Gasteiger partial charge in [0.1, 0.15) is 11.3 Å². The molecular formula is C18H16BrNO5. The van der Waals surface area contributed by atoms with Crippen LogP contribution in [-0.2, 0) is 12.8 Å². The van der Waals surface area contributed by atoms with Crippen LogP contribution >= 0.6 is 15.9 Å². The maximum Gasteiger partial charge on any atom is 0.347 e. The smallest absolute Gasteiger partial charge is 0.347 e.